The maximum Gasteiger partial charge on any atom is 0.341 e. The number of fused-ring (bicyclic) bond motifs is 1. The van der Waals surface area contributed by atoms with Gasteiger partial charge in [0.1, 0.15) is 16.4 Å². The van der Waals surface area contributed by atoms with Gasteiger partial charge in [-0.05, 0) is 84.8 Å². The Hall–Kier alpha value is -4.87. The summed E-state index contributed by atoms with van der Waals surface area (Å²) in [5.41, 5.74) is 3.03. The third kappa shape index (κ3) is 8.69. The van der Waals surface area contributed by atoms with Crippen molar-refractivity contribution in [1.29, 1.82) is 0 Å². The number of benzene rings is 3. The Kier molecular flexibility index (Phi) is 11.1. The molecule has 4 aromatic rings. The Morgan fingerprint density at radius 2 is 1.74 bits per heavy atom. The summed E-state index contributed by atoms with van der Waals surface area (Å²) >= 11 is 2.74. The standard InChI is InChI=1S/C36H35N3O6S2/c1-22-15-16-28-30(17-22)47-35(32(28)36(43)45-3)39-31(40)21-46-27-14-8-12-25(20-27)37-34(42)29(19-23-9-7-13-26(18-23)44-2)38-33(41)24-10-5-4-6-11-24/h4-14,18-20,22H,15-17,21H2,1-3H3,(H,37,42)(H,38,41)(H,39,40)/b29-19-. The van der Waals surface area contributed by atoms with Gasteiger partial charge in [-0.1, -0.05) is 43.3 Å². The van der Waals surface area contributed by atoms with Crippen LogP contribution < -0.4 is 20.7 Å². The van der Waals surface area contributed by atoms with Crippen molar-refractivity contribution in [2.45, 2.75) is 31.1 Å². The van der Waals surface area contributed by atoms with Gasteiger partial charge in [0.15, 0.2) is 0 Å². The minimum atomic E-state index is -0.525. The topological polar surface area (TPSA) is 123 Å². The van der Waals surface area contributed by atoms with Crippen LogP contribution in [-0.4, -0.2) is 43.7 Å². The van der Waals surface area contributed by atoms with Crippen LogP contribution in [0.5, 0.6) is 5.75 Å². The lowest BCUT2D eigenvalue weighted by molar-refractivity contribution is -0.114. The Morgan fingerprint density at radius 3 is 2.51 bits per heavy atom. The molecule has 3 N–H and O–H groups in total. The third-order valence-corrected chi connectivity index (χ3v) is 9.71. The van der Waals surface area contributed by atoms with Crippen LogP contribution in [0.2, 0.25) is 0 Å². The fourth-order valence-electron chi connectivity index (χ4n) is 5.17. The fourth-order valence-corrected chi connectivity index (χ4v) is 7.34. The molecular weight excluding hydrogens is 635 g/mol. The Bertz CT molecular complexity index is 1820. The van der Waals surface area contributed by atoms with E-state index in [1.165, 1.54) is 30.2 Å². The third-order valence-electron chi connectivity index (χ3n) is 7.55. The van der Waals surface area contributed by atoms with Crippen molar-refractivity contribution in [3.63, 3.8) is 0 Å². The van der Waals surface area contributed by atoms with E-state index >= 15 is 0 Å². The predicted molar refractivity (Wildman–Crippen MR) is 186 cm³/mol. The number of esters is 1. The number of nitrogens with one attached hydrogen (secondary N) is 3. The normalized spacial score (nSPS) is 14.0. The first-order valence-corrected chi connectivity index (χ1v) is 16.8. The highest BCUT2D eigenvalue weighted by Crippen LogP contribution is 2.40. The molecule has 1 aliphatic rings. The molecule has 1 unspecified atom stereocenters. The number of anilines is 2. The largest absolute Gasteiger partial charge is 0.497 e. The molecule has 0 aliphatic heterocycles. The Labute approximate surface area is 281 Å². The molecule has 47 heavy (non-hydrogen) atoms. The van der Waals surface area contributed by atoms with Gasteiger partial charge in [0, 0.05) is 21.0 Å². The molecular formula is C36H35N3O6S2. The first kappa shape index (κ1) is 33.5. The van der Waals surface area contributed by atoms with Crippen molar-refractivity contribution in [2.75, 3.05) is 30.6 Å². The molecule has 1 heterocycles. The van der Waals surface area contributed by atoms with Crippen LogP contribution in [0.25, 0.3) is 6.08 Å². The summed E-state index contributed by atoms with van der Waals surface area (Å²) < 4.78 is 10.3. The second-order valence-electron chi connectivity index (χ2n) is 11.0. The number of carbonyl (C=O) groups is 4. The van der Waals surface area contributed by atoms with Crippen molar-refractivity contribution < 1.29 is 28.7 Å². The molecule has 5 rings (SSSR count). The van der Waals surface area contributed by atoms with Crippen LogP contribution in [0, 0.1) is 5.92 Å². The summed E-state index contributed by atoms with van der Waals surface area (Å²) in [5, 5.41) is 9.04. The molecule has 1 atom stereocenters. The minimum absolute atomic E-state index is 0.0407. The number of rotatable bonds is 11. The zero-order valence-corrected chi connectivity index (χ0v) is 27.9. The Balaban J connectivity index is 1.27. The SMILES string of the molecule is COC(=O)c1c(NC(=O)CSc2cccc(NC(=O)/C(=C/c3cccc(OC)c3)NC(=O)c3ccccc3)c2)sc2c1CCC(C)C2. The van der Waals surface area contributed by atoms with Gasteiger partial charge in [0.05, 0.1) is 25.5 Å². The van der Waals surface area contributed by atoms with E-state index < -0.39 is 17.8 Å². The van der Waals surface area contributed by atoms with E-state index in [4.69, 9.17) is 9.47 Å². The number of hydrogen-bond acceptors (Lipinski definition) is 8. The van der Waals surface area contributed by atoms with E-state index in [-0.39, 0.29) is 17.4 Å². The summed E-state index contributed by atoms with van der Waals surface area (Å²) in [7, 11) is 2.90. The average molecular weight is 670 g/mol. The number of hydrogen-bond donors (Lipinski definition) is 3. The molecule has 0 spiro atoms. The van der Waals surface area contributed by atoms with E-state index in [2.05, 4.69) is 22.9 Å². The molecule has 11 heteroatoms. The second kappa shape index (κ2) is 15.6. The molecule has 0 saturated carbocycles. The van der Waals surface area contributed by atoms with Gasteiger partial charge in [-0.3, -0.25) is 14.4 Å². The maximum absolute atomic E-state index is 13.5. The second-order valence-corrected chi connectivity index (χ2v) is 13.2. The molecule has 0 saturated heterocycles. The average Bonchev–Trinajstić information content (AvgIpc) is 3.43. The molecule has 0 fully saturated rings. The van der Waals surface area contributed by atoms with E-state index in [0.717, 1.165) is 34.6 Å². The van der Waals surface area contributed by atoms with Crippen molar-refractivity contribution in [1.82, 2.24) is 5.32 Å². The summed E-state index contributed by atoms with van der Waals surface area (Å²) in [6, 6.07) is 22.8. The monoisotopic (exact) mass is 669 g/mol. The van der Waals surface area contributed by atoms with E-state index in [0.29, 0.717) is 39.0 Å². The number of methoxy groups -OCH3 is 2. The lowest BCUT2D eigenvalue weighted by Gasteiger charge is -2.18. The van der Waals surface area contributed by atoms with Crippen molar-refractivity contribution >= 4 is 63.6 Å². The molecule has 1 aliphatic carbocycles. The van der Waals surface area contributed by atoms with Gasteiger partial charge in [-0.15, -0.1) is 23.1 Å². The number of thiophene rings is 1. The first-order valence-electron chi connectivity index (χ1n) is 15.0. The van der Waals surface area contributed by atoms with Gasteiger partial charge in [-0.2, -0.15) is 0 Å². The lowest BCUT2D eigenvalue weighted by atomic mass is 9.88. The van der Waals surface area contributed by atoms with E-state index in [1.807, 2.05) is 6.07 Å². The van der Waals surface area contributed by atoms with E-state index in [9.17, 15) is 19.2 Å². The smallest absolute Gasteiger partial charge is 0.341 e. The van der Waals surface area contributed by atoms with Crippen molar-refractivity contribution in [3.05, 3.63) is 112 Å². The molecule has 3 amide bonds. The zero-order chi connectivity index (χ0) is 33.3. The molecule has 0 bridgehead atoms. The van der Waals surface area contributed by atoms with Crippen molar-refractivity contribution in [2.24, 2.45) is 5.92 Å². The van der Waals surface area contributed by atoms with Crippen molar-refractivity contribution in [3.8, 4) is 5.75 Å². The van der Waals surface area contributed by atoms with Crippen LogP contribution in [0.4, 0.5) is 10.7 Å². The van der Waals surface area contributed by atoms with Gasteiger partial charge in [-0.25, -0.2) is 4.79 Å². The molecule has 1 aromatic heterocycles. The van der Waals surface area contributed by atoms with Crippen LogP contribution in [0.1, 0.15) is 50.1 Å². The molecule has 0 radical (unpaired) electrons. The molecule has 242 valence electrons. The number of ether oxygens (including phenoxy) is 2. The summed E-state index contributed by atoms with van der Waals surface area (Å²) in [4.78, 5) is 54.0. The highest BCUT2D eigenvalue weighted by Gasteiger charge is 2.29. The molecule has 3 aromatic carbocycles. The fraction of sp³-hybridized carbons (Fsp3) is 0.222. The Morgan fingerprint density at radius 1 is 0.957 bits per heavy atom. The summed E-state index contributed by atoms with van der Waals surface area (Å²) in [6.07, 6.45) is 4.22. The molecule has 9 nitrogen and oxygen atoms in total. The number of amides is 3. The minimum Gasteiger partial charge on any atom is -0.497 e. The van der Waals surface area contributed by atoms with Crippen LogP contribution >= 0.6 is 23.1 Å². The number of thioether (sulfide) groups is 1. The highest BCUT2D eigenvalue weighted by molar-refractivity contribution is 8.00. The van der Waals surface area contributed by atoms with Crippen LogP contribution in [-0.2, 0) is 27.2 Å². The van der Waals surface area contributed by atoms with Gasteiger partial charge in [0.2, 0.25) is 5.91 Å². The summed E-state index contributed by atoms with van der Waals surface area (Å²) in [5.74, 6) is -0.435. The van der Waals surface area contributed by atoms with Gasteiger partial charge < -0.3 is 25.4 Å². The van der Waals surface area contributed by atoms with Crippen LogP contribution in [0.3, 0.4) is 0 Å². The maximum atomic E-state index is 13.5. The van der Waals surface area contributed by atoms with Crippen LogP contribution in [0.15, 0.2) is 89.5 Å². The van der Waals surface area contributed by atoms with Gasteiger partial charge >= 0.3 is 5.97 Å². The van der Waals surface area contributed by atoms with E-state index in [1.54, 1.807) is 86.0 Å². The number of carbonyl (C=O) groups excluding carboxylic acids is 4. The predicted octanol–water partition coefficient (Wildman–Crippen LogP) is 6.81. The first-order chi connectivity index (χ1) is 22.7. The van der Waals surface area contributed by atoms with Gasteiger partial charge in [0.25, 0.3) is 11.8 Å². The lowest BCUT2D eigenvalue weighted by Crippen LogP contribution is -2.30. The summed E-state index contributed by atoms with van der Waals surface area (Å²) in [6.45, 7) is 2.18. The quantitative estimate of drug-likeness (QED) is 0.0911. The zero-order valence-electron chi connectivity index (χ0n) is 26.3. The highest BCUT2D eigenvalue weighted by atomic mass is 32.2.